The number of aromatic nitrogens is 2. The third-order valence-electron chi connectivity index (χ3n) is 3.10. The number of nitrogens with one attached hydrogen (secondary N) is 1. The van der Waals surface area contributed by atoms with E-state index in [9.17, 15) is 5.11 Å². The number of rotatable bonds is 6. The molecule has 4 heteroatoms. The maximum absolute atomic E-state index is 9.41. The average Bonchev–Trinajstić information content (AvgIpc) is 2.47. The van der Waals surface area contributed by atoms with E-state index in [0.29, 0.717) is 0 Å². The van der Waals surface area contributed by atoms with Gasteiger partial charge in [-0.15, -0.1) is 0 Å². The smallest absolute Gasteiger partial charge is 0.0537 e. The van der Waals surface area contributed by atoms with Crippen LogP contribution in [-0.4, -0.2) is 27.5 Å². The molecule has 98 valence electrons. The minimum absolute atomic E-state index is 0.115. The highest BCUT2D eigenvalue weighted by molar-refractivity contribution is 5.15. The normalized spacial score (nSPS) is 14.0. The number of nitrogens with zero attached hydrogens (tertiary/aromatic N) is 2. The Morgan fingerprint density at radius 1 is 1.53 bits per heavy atom. The van der Waals surface area contributed by atoms with Crippen LogP contribution in [0.15, 0.2) is 6.20 Å². The van der Waals surface area contributed by atoms with E-state index in [4.69, 9.17) is 0 Å². The Balaban J connectivity index is 2.40. The van der Waals surface area contributed by atoms with Crippen molar-refractivity contribution in [1.82, 2.24) is 15.1 Å². The lowest BCUT2D eigenvalue weighted by molar-refractivity contribution is 0.128. The van der Waals surface area contributed by atoms with Crippen LogP contribution in [0.3, 0.4) is 0 Å². The highest BCUT2D eigenvalue weighted by Gasteiger charge is 2.19. The second-order valence-corrected chi connectivity index (χ2v) is 5.70. The van der Waals surface area contributed by atoms with Crippen molar-refractivity contribution in [1.29, 1.82) is 0 Å². The third kappa shape index (κ3) is 4.48. The summed E-state index contributed by atoms with van der Waals surface area (Å²) < 4.78 is 1.89. The van der Waals surface area contributed by atoms with Gasteiger partial charge in [0.1, 0.15) is 0 Å². The highest BCUT2D eigenvalue weighted by atomic mass is 16.3. The van der Waals surface area contributed by atoms with Crippen molar-refractivity contribution >= 4 is 0 Å². The van der Waals surface area contributed by atoms with Crippen molar-refractivity contribution in [2.45, 2.75) is 46.8 Å². The first kappa shape index (κ1) is 14.2. The number of aliphatic hydroxyl groups is 1. The van der Waals surface area contributed by atoms with Gasteiger partial charge in [0.15, 0.2) is 0 Å². The lowest BCUT2D eigenvalue weighted by Crippen LogP contribution is -2.31. The zero-order valence-electron chi connectivity index (χ0n) is 11.6. The molecule has 0 amide bonds. The van der Waals surface area contributed by atoms with Crippen LogP contribution in [0.1, 0.15) is 38.4 Å². The summed E-state index contributed by atoms with van der Waals surface area (Å²) in [6.45, 7) is 9.98. The molecule has 0 aliphatic rings. The molecule has 0 aliphatic heterocycles. The van der Waals surface area contributed by atoms with E-state index in [-0.39, 0.29) is 11.5 Å². The van der Waals surface area contributed by atoms with Crippen molar-refractivity contribution in [2.24, 2.45) is 12.5 Å². The van der Waals surface area contributed by atoms with Gasteiger partial charge in [-0.3, -0.25) is 4.68 Å². The van der Waals surface area contributed by atoms with Crippen molar-refractivity contribution in [3.05, 3.63) is 17.5 Å². The Hall–Kier alpha value is -0.870. The molecule has 0 saturated heterocycles. The summed E-state index contributed by atoms with van der Waals surface area (Å²) in [4.78, 5) is 0. The molecule has 0 fully saturated rings. The van der Waals surface area contributed by atoms with Gasteiger partial charge < -0.3 is 10.4 Å². The van der Waals surface area contributed by atoms with Crippen molar-refractivity contribution in [3.8, 4) is 0 Å². The summed E-state index contributed by atoms with van der Waals surface area (Å²) >= 11 is 0. The van der Waals surface area contributed by atoms with Crippen molar-refractivity contribution in [3.63, 3.8) is 0 Å². The Kier molecular flexibility index (Phi) is 4.71. The van der Waals surface area contributed by atoms with Crippen LogP contribution in [-0.2, 0) is 13.6 Å². The van der Waals surface area contributed by atoms with Crippen LogP contribution in [0.2, 0.25) is 0 Å². The summed E-state index contributed by atoms with van der Waals surface area (Å²) in [5.74, 6) is 0. The lowest BCUT2D eigenvalue weighted by atomic mass is 9.87. The maximum atomic E-state index is 9.41. The minimum atomic E-state index is -0.244. The Morgan fingerprint density at radius 2 is 2.18 bits per heavy atom. The van der Waals surface area contributed by atoms with E-state index in [1.807, 2.05) is 24.9 Å². The lowest BCUT2D eigenvalue weighted by Gasteiger charge is -2.26. The molecule has 0 saturated carbocycles. The van der Waals surface area contributed by atoms with E-state index in [1.165, 1.54) is 11.3 Å². The number of aliphatic hydroxyl groups excluding tert-OH is 1. The van der Waals surface area contributed by atoms with Gasteiger partial charge in [-0.05, 0) is 25.7 Å². The zero-order valence-corrected chi connectivity index (χ0v) is 11.6. The molecular formula is C13H25N3O. The minimum Gasteiger partial charge on any atom is -0.393 e. The van der Waals surface area contributed by atoms with E-state index >= 15 is 0 Å². The van der Waals surface area contributed by atoms with Crippen LogP contribution >= 0.6 is 0 Å². The van der Waals surface area contributed by atoms with E-state index in [1.54, 1.807) is 0 Å². The number of hydrogen-bond acceptors (Lipinski definition) is 3. The molecule has 0 aliphatic carbocycles. The van der Waals surface area contributed by atoms with Crippen molar-refractivity contribution in [2.75, 3.05) is 6.54 Å². The quantitative estimate of drug-likeness (QED) is 0.793. The summed E-state index contributed by atoms with van der Waals surface area (Å²) in [5, 5.41) is 17.1. The van der Waals surface area contributed by atoms with Gasteiger partial charge in [-0.2, -0.15) is 5.10 Å². The predicted octanol–water partition coefficient (Wildman–Crippen LogP) is 1.62. The van der Waals surface area contributed by atoms with Gasteiger partial charge in [0.05, 0.1) is 12.3 Å². The monoisotopic (exact) mass is 239 g/mol. The largest absolute Gasteiger partial charge is 0.393 e. The summed E-state index contributed by atoms with van der Waals surface area (Å²) in [6, 6.07) is 0. The molecule has 1 unspecified atom stereocenters. The topological polar surface area (TPSA) is 50.1 Å². The zero-order chi connectivity index (χ0) is 13.1. The third-order valence-corrected chi connectivity index (χ3v) is 3.10. The summed E-state index contributed by atoms with van der Waals surface area (Å²) in [6.07, 6.45) is 2.47. The van der Waals surface area contributed by atoms with Crippen LogP contribution in [0.25, 0.3) is 0 Å². The molecule has 1 aromatic rings. The van der Waals surface area contributed by atoms with Gasteiger partial charge in [-0.1, -0.05) is 13.8 Å². The summed E-state index contributed by atoms with van der Waals surface area (Å²) in [7, 11) is 1.95. The van der Waals surface area contributed by atoms with E-state index < -0.39 is 0 Å². The fourth-order valence-electron chi connectivity index (χ4n) is 2.13. The SMILES string of the molecule is Cc1c(CNCC(C)(C)CC(C)O)cnn1C. The Morgan fingerprint density at radius 3 is 2.65 bits per heavy atom. The van der Waals surface area contributed by atoms with Gasteiger partial charge in [0.25, 0.3) is 0 Å². The van der Waals surface area contributed by atoms with E-state index in [2.05, 4.69) is 31.2 Å². The molecular weight excluding hydrogens is 214 g/mol. The number of hydrogen-bond donors (Lipinski definition) is 2. The molecule has 1 atom stereocenters. The molecule has 0 spiro atoms. The number of aryl methyl sites for hydroxylation is 1. The van der Waals surface area contributed by atoms with Crippen LogP contribution in [0.5, 0.6) is 0 Å². The Labute approximate surface area is 104 Å². The molecule has 1 aromatic heterocycles. The van der Waals surface area contributed by atoms with Gasteiger partial charge >= 0.3 is 0 Å². The second-order valence-electron chi connectivity index (χ2n) is 5.70. The summed E-state index contributed by atoms with van der Waals surface area (Å²) in [5.41, 5.74) is 2.55. The van der Waals surface area contributed by atoms with Crippen molar-refractivity contribution < 1.29 is 5.11 Å². The first-order chi connectivity index (χ1) is 7.82. The standard InChI is InChI=1S/C13H25N3O/c1-10(17)6-13(3,4)9-14-7-12-8-15-16(5)11(12)2/h8,10,14,17H,6-7,9H2,1-5H3. The molecule has 1 heterocycles. The Bertz CT molecular complexity index is 356. The van der Waals surface area contributed by atoms with Crippen LogP contribution in [0.4, 0.5) is 0 Å². The average molecular weight is 239 g/mol. The maximum Gasteiger partial charge on any atom is 0.0537 e. The van der Waals surface area contributed by atoms with E-state index in [0.717, 1.165) is 19.5 Å². The molecule has 17 heavy (non-hydrogen) atoms. The molecule has 0 bridgehead atoms. The second kappa shape index (κ2) is 5.65. The molecule has 4 nitrogen and oxygen atoms in total. The van der Waals surface area contributed by atoms with Crippen LogP contribution in [0, 0.1) is 12.3 Å². The highest BCUT2D eigenvalue weighted by Crippen LogP contribution is 2.21. The van der Waals surface area contributed by atoms with Gasteiger partial charge in [0.2, 0.25) is 0 Å². The van der Waals surface area contributed by atoms with Crippen LogP contribution < -0.4 is 5.32 Å². The molecule has 0 radical (unpaired) electrons. The molecule has 2 N–H and O–H groups in total. The van der Waals surface area contributed by atoms with Gasteiger partial charge in [-0.25, -0.2) is 0 Å². The first-order valence-corrected chi connectivity index (χ1v) is 6.18. The molecule has 0 aromatic carbocycles. The first-order valence-electron chi connectivity index (χ1n) is 6.18. The van der Waals surface area contributed by atoms with Gasteiger partial charge in [0, 0.05) is 31.4 Å². The predicted molar refractivity (Wildman–Crippen MR) is 69.7 cm³/mol. The fraction of sp³-hybridized carbons (Fsp3) is 0.769. The molecule has 1 rings (SSSR count). The fourth-order valence-corrected chi connectivity index (χ4v) is 2.13.